The molecule has 212 valence electrons. The van der Waals surface area contributed by atoms with E-state index < -0.39 is 17.5 Å². The lowest BCUT2D eigenvalue weighted by molar-refractivity contribution is -0.121. The largest absolute Gasteiger partial charge is 0.448 e. The van der Waals surface area contributed by atoms with Gasteiger partial charge in [-0.3, -0.25) is 9.59 Å². The van der Waals surface area contributed by atoms with E-state index in [0.29, 0.717) is 28.2 Å². The Balaban J connectivity index is 1.42. The predicted molar refractivity (Wildman–Crippen MR) is 149 cm³/mol. The number of carbonyl (C=O) groups excluding carboxylic acids is 2. The summed E-state index contributed by atoms with van der Waals surface area (Å²) in [7, 11) is 0. The molecule has 1 aliphatic carbocycles. The van der Waals surface area contributed by atoms with E-state index in [1.54, 1.807) is 13.0 Å². The van der Waals surface area contributed by atoms with Crippen LogP contribution in [-0.4, -0.2) is 34.4 Å². The third-order valence-electron chi connectivity index (χ3n) is 7.40. The van der Waals surface area contributed by atoms with Gasteiger partial charge in [0.25, 0.3) is 17.3 Å². The SMILES string of the molecule is Cc1cc(C)c(CNC(=O)c2cc(Cl)c3c(c2C)O[C@@](C)([C@H]2CC[C@H](NC(=O)OC(C)(C)C)CC2)O3)c(=O)[nH]1. The number of nitrogens with one attached hydrogen (secondary N) is 3. The minimum absolute atomic E-state index is 0.0218. The summed E-state index contributed by atoms with van der Waals surface area (Å²) in [6.45, 7) is 12.9. The fourth-order valence-corrected chi connectivity index (χ4v) is 5.58. The summed E-state index contributed by atoms with van der Waals surface area (Å²) in [4.78, 5) is 40.4. The minimum Gasteiger partial charge on any atom is -0.448 e. The number of hydrogen-bond donors (Lipinski definition) is 3. The van der Waals surface area contributed by atoms with Crippen LogP contribution in [0, 0.1) is 26.7 Å². The van der Waals surface area contributed by atoms with Gasteiger partial charge in [0.1, 0.15) is 5.60 Å². The number of halogens is 1. The van der Waals surface area contributed by atoms with Gasteiger partial charge in [-0.2, -0.15) is 0 Å². The highest BCUT2D eigenvalue weighted by Crippen LogP contribution is 2.51. The van der Waals surface area contributed by atoms with Crippen molar-refractivity contribution in [3.63, 3.8) is 0 Å². The molecule has 4 rings (SSSR count). The van der Waals surface area contributed by atoms with Crippen LogP contribution in [0.25, 0.3) is 0 Å². The molecular formula is C29H38ClN3O6. The van der Waals surface area contributed by atoms with E-state index in [0.717, 1.165) is 36.9 Å². The van der Waals surface area contributed by atoms with Crippen molar-refractivity contribution >= 4 is 23.6 Å². The topological polar surface area (TPSA) is 119 Å². The Hall–Kier alpha value is -3.20. The maximum Gasteiger partial charge on any atom is 0.407 e. The smallest absolute Gasteiger partial charge is 0.407 e. The van der Waals surface area contributed by atoms with Crippen molar-refractivity contribution in [3.8, 4) is 11.5 Å². The number of carbonyl (C=O) groups is 2. The van der Waals surface area contributed by atoms with E-state index in [1.165, 1.54) is 0 Å². The zero-order chi connectivity index (χ0) is 28.7. The Labute approximate surface area is 233 Å². The number of H-pyrrole nitrogens is 1. The van der Waals surface area contributed by atoms with E-state index in [2.05, 4.69) is 15.6 Å². The third kappa shape index (κ3) is 6.35. The highest BCUT2D eigenvalue weighted by Gasteiger charge is 2.47. The van der Waals surface area contributed by atoms with E-state index >= 15 is 0 Å². The fraction of sp³-hybridized carbons (Fsp3) is 0.552. The second-order valence-electron chi connectivity index (χ2n) is 11.7. The van der Waals surface area contributed by atoms with Gasteiger partial charge in [-0.15, -0.1) is 0 Å². The zero-order valence-electron chi connectivity index (χ0n) is 23.7. The number of aromatic nitrogens is 1. The van der Waals surface area contributed by atoms with Crippen LogP contribution in [-0.2, 0) is 11.3 Å². The molecule has 1 aromatic heterocycles. The number of aromatic amines is 1. The summed E-state index contributed by atoms with van der Waals surface area (Å²) in [6.07, 6.45) is 2.67. The van der Waals surface area contributed by atoms with E-state index in [4.69, 9.17) is 25.8 Å². The third-order valence-corrected chi connectivity index (χ3v) is 7.68. The zero-order valence-corrected chi connectivity index (χ0v) is 24.4. The first kappa shape index (κ1) is 28.8. The van der Waals surface area contributed by atoms with Crippen molar-refractivity contribution in [2.45, 2.75) is 98.1 Å². The van der Waals surface area contributed by atoms with Crippen molar-refractivity contribution in [3.05, 3.63) is 55.5 Å². The Morgan fingerprint density at radius 1 is 1.10 bits per heavy atom. The number of fused-ring (bicyclic) bond motifs is 1. The summed E-state index contributed by atoms with van der Waals surface area (Å²) >= 11 is 6.57. The van der Waals surface area contributed by atoms with Crippen LogP contribution in [0.15, 0.2) is 16.9 Å². The summed E-state index contributed by atoms with van der Waals surface area (Å²) in [5, 5.41) is 6.08. The van der Waals surface area contributed by atoms with Gasteiger partial charge >= 0.3 is 6.09 Å². The van der Waals surface area contributed by atoms with Crippen LogP contribution < -0.4 is 25.7 Å². The Kier molecular flexibility index (Phi) is 7.94. The normalized spacial score (nSPS) is 22.4. The lowest BCUT2D eigenvalue weighted by Gasteiger charge is -2.37. The van der Waals surface area contributed by atoms with Crippen molar-refractivity contribution in [2.75, 3.05) is 0 Å². The Bertz CT molecular complexity index is 1340. The number of aryl methyl sites for hydroxylation is 2. The number of pyridine rings is 1. The predicted octanol–water partition coefficient (Wildman–Crippen LogP) is 5.45. The molecule has 1 atom stereocenters. The van der Waals surface area contributed by atoms with Gasteiger partial charge in [-0.05, 0) is 84.9 Å². The van der Waals surface area contributed by atoms with Crippen molar-refractivity contribution < 1.29 is 23.8 Å². The van der Waals surface area contributed by atoms with Gasteiger partial charge in [0, 0.05) is 47.8 Å². The fourth-order valence-electron chi connectivity index (χ4n) is 5.35. The molecule has 2 aromatic rings. The van der Waals surface area contributed by atoms with Crippen molar-refractivity contribution in [1.29, 1.82) is 0 Å². The maximum absolute atomic E-state index is 13.1. The molecule has 39 heavy (non-hydrogen) atoms. The van der Waals surface area contributed by atoms with Crippen LogP contribution in [0.1, 0.15) is 86.1 Å². The second-order valence-corrected chi connectivity index (χ2v) is 12.1. The van der Waals surface area contributed by atoms with Gasteiger partial charge < -0.3 is 29.8 Å². The number of rotatable bonds is 5. The van der Waals surface area contributed by atoms with E-state index in [9.17, 15) is 14.4 Å². The van der Waals surface area contributed by atoms with Gasteiger partial charge in [0.05, 0.1) is 5.02 Å². The Morgan fingerprint density at radius 3 is 2.36 bits per heavy atom. The molecular weight excluding hydrogens is 522 g/mol. The molecule has 3 N–H and O–H groups in total. The lowest BCUT2D eigenvalue weighted by Crippen LogP contribution is -2.48. The van der Waals surface area contributed by atoms with Crippen LogP contribution >= 0.6 is 11.6 Å². The molecule has 1 aliphatic heterocycles. The van der Waals surface area contributed by atoms with Crippen molar-refractivity contribution in [2.24, 2.45) is 5.92 Å². The maximum atomic E-state index is 13.1. The average Bonchev–Trinajstić information content (AvgIpc) is 3.19. The van der Waals surface area contributed by atoms with Crippen LogP contribution in [0.2, 0.25) is 5.02 Å². The van der Waals surface area contributed by atoms with Crippen LogP contribution in [0.5, 0.6) is 11.5 Å². The molecule has 0 unspecified atom stereocenters. The summed E-state index contributed by atoms with van der Waals surface area (Å²) in [6, 6.07) is 3.47. The molecule has 2 heterocycles. The first-order valence-electron chi connectivity index (χ1n) is 13.3. The van der Waals surface area contributed by atoms with Crippen LogP contribution in [0.3, 0.4) is 0 Å². The highest BCUT2D eigenvalue weighted by atomic mass is 35.5. The molecule has 10 heteroatoms. The standard InChI is InChI=1S/C29H38ClN3O6/c1-15-12-16(2)32-26(35)21(15)14-31-25(34)20-13-22(30)24-23(17(20)3)37-29(7,38-24)18-8-10-19(11-9-18)33-27(36)39-28(4,5)6/h12-13,18-19H,8-11,14H2,1-7H3,(H,31,34)(H,32,35)(H,33,36)/t18-,19-,29-/m1/s1. The average molecular weight is 560 g/mol. The number of ether oxygens (including phenoxy) is 3. The van der Waals surface area contributed by atoms with E-state index in [-0.39, 0.29) is 35.0 Å². The molecule has 2 amide bonds. The first-order chi connectivity index (χ1) is 18.2. The molecule has 9 nitrogen and oxygen atoms in total. The van der Waals surface area contributed by atoms with Crippen LogP contribution in [0.4, 0.5) is 4.79 Å². The van der Waals surface area contributed by atoms with Crippen molar-refractivity contribution in [1.82, 2.24) is 15.6 Å². The monoisotopic (exact) mass is 559 g/mol. The summed E-state index contributed by atoms with van der Waals surface area (Å²) < 4.78 is 18.1. The van der Waals surface area contributed by atoms with E-state index in [1.807, 2.05) is 47.6 Å². The molecule has 1 aromatic carbocycles. The Morgan fingerprint density at radius 2 is 1.74 bits per heavy atom. The molecule has 0 bridgehead atoms. The number of alkyl carbamates (subject to hydrolysis) is 1. The quantitative estimate of drug-likeness (QED) is 0.448. The molecule has 0 spiro atoms. The number of amides is 2. The number of benzene rings is 1. The van der Waals surface area contributed by atoms with Gasteiger partial charge in [-0.1, -0.05) is 11.6 Å². The minimum atomic E-state index is -0.949. The van der Waals surface area contributed by atoms with Gasteiger partial charge in [0.2, 0.25) is 0 Å². The molecule has 1 saturated carbocycles. The highest BCUT2D eigenvalue weighted by molar-refractivity contribution is 6.33. The molecule has 1 fully saturated rings. The lowest BCUT2D eigenvalue weighted by atomic mass is 9.81. The number of hydrogen-bond acceptors (Lipinski definition) is 6. The molecule has 2 aliphatic rings. The summed E-state index contributed by atoms with van der Waals surface area (Å²) in [5.74, 6) is -0.371. The van der Waals surface area contributed by atoms with Gasteiger partial charge in [0.15, 0.2) is 11.5 Å². The second kappa shape index (κ2) is 10.8. The first-order valence-corrected chi connectivity index (χ1v) is 13.7. The molecule has 0 radical (unpaired) electrons. The summed E-state index contributed by atoms with van der Waals surface area (Å²) in [5.41, 5.74) is 2.28. The molecule has 0 saturated heterocycles. The van der Waals surface area contributed by atoms with Gasteiger partial charge in [-0.25, -0.2) is 4.79 Å².